The third-order valence-electron chi connectivity index (χ3n) is 6.65. The summed E-state index contributed by atoms with van der Waals surface area (Å²) in [5, 5.41) is 11.6. The predicted molar refractivity (Wildman–Crippen MR) is 130 cm³/mol. The molecule has 0 spiro atoms. The fourth-order valence-corrected chi connectivity index (χ4v) is 5.59. The van der Waals surface area contributed by atoms with Crippen LogP contribution in [0.1, 0.15) is 39.4 Å². The Kier molecular flexibility index (Phi) is 5.41. The maximum Gasteiger partial charge on any atom is 0.260 e. The number of benzene rings is 2. The van der Waals surface area contributed by atoms with Crippen LogP contribution in [0.15, 0.2) is 23.0 Å². The van der Waals surface area contributed by atoms with Crippen LogP contribution in [0.25, 0.3) is 5.69 Å². The molecule has 2 aromatic carbocycles. The third-order valence-corrected chi connectivity index (χ3v) is 6.93. The van der Waals surface area contributed by atoms with E-state index >= 15 is 0 Å². The van der Waals surface area contributed by atoms with Gasteiger partial charge in [-0.3, -0.25) is 19.2 Å². The molecule has 2 aliphatic rings. The first kappa shape index (κ1) is 22.5. The van der Waals surface area contributed by atoms with Crippen molar-refractivity contribution < 1.29 is 19.3 Å². The van der Waals surface area contributed by atoms with Crippen LogP contribution in [-0.4, -0.2) is 47.1 Å². The van der Waals surface area contributed by atoms with Gasteiger partial charge in [0.1, 0.15) is 0 Å². The second-order valence-electron chi connectivity index (χ2n) is 8.93. The summed E-state index contributed by atoms with van der Waals surface area (Å²) in [4.78, 5) is 18.2. The number of aromatic nitrogens is 2. The molecule has 34 heavy (non-hydrogen) atoms. The number of methoxy groups -OCH3 is 1. The van der Waals surface area contributed by atoms with E-state index < -0.39 is 11.6 Å². The summed E-state index contributed by atoms with van der Waals surface area (Å²) in [7, 11) is 3.49. The normalized spacial score (nSPS) is 17.0. The zero-order chi connectivity index (χ0) is 24.3. The Morgan fingerprint density at radius 3 is 2.53 bits per heavy atom. The van der Waals surface area contributed by atoms with E-state index in [1.165, 1.54) is 0 Å². The van der Waals surface area contributed by atoms with E-state index in [-0.39, 0.29) is 23.0 Å². The molecule has 2 N–H and O–H groups in total. The Balaban J connectivity index is 1.82. The monoisotopic (exact) mass is 481 g/mol. The number of nitrogens with one attached hydrogen (secondary N) is 1. The molecule has 0 amide bonds. The van der Waals surface area contributed by atoms with Crippen molar-refractivity contribution >= 4 is 12.2 Å². The van der Waals surface area contributed by atoms with Crippen molar-refractivity contribution in [1.29, 1.82) is 0 Å². The number of rotatable bonds is 3. The average molecular weight is 482 g/mol. The van der Waals surface area contributed by atoms with Gasteiger partial charge in [0, 0.05) is 12.1 Å². The highest BCUT2D eigenvalue weighted by Gasteiger charge is 2.38. The zero-order valence-corrected chi connectivity index (χ0v) is 20.6. The van der Waals surface area contributed by atoms with Gasteiger partial charge in [-0.15, -0.1) is 0 Å². The molecule has 3 heterocycles. The van der Waals surface area contributed by atoms with Gasteiger partial charge in [0.15, 0.2) is 16.3 Å². The molecule has 0 fully saturated rings. The SMILES string of the molecule is COc1c2c(cc3c1[C@H](c1c(O)n(-c4c(C)cc(C)cc4C)c(=S)[nH]c1=O)N(C)CC3)OCO2. The molecule has 0 aliphatic carbocycles. The summed E-state index contributed by atoms with van der Waals surface area (Å²) in [6.45, 7) is 6.74. The highest BCUT2D eigenvalue weighted by Crippen LogP contribution is 2.51. The number of likely N-dealkylation sites (N-methyl/N-ethyl adjacent to an activating group) is 1. The summed E-state index contributed by atoms with van der Waals surface area (Å²) in [5.41, 5.74) is 5.28. The number of nitrogens with zero attached hydrogens (tertiary/aromatic N) is 2. The summed E-state index contributed by atoms with van der Waals surface area (Å²) < 4.78 is 18.7. The largest absolute Gasteiger partial charge is 0.494 e. The van der Waals surface area contributed by atoms with Crippen LogP contribution in [-0.2, 0) is 6.42 Å². The van der Waals surface area contributed by atoms with Crippen molar-refractivity contribution in [2.45, 2.75) is 33.2 Å². The molecule has 9 heteroatoms. The van der Waals surface area contributed by atoms with E-state index in [0.717, 1.165) is 39.9 Å². The van der Waals surface area contributed by atoms with E-state index in [4.69, 9.17) is 26.4 Å². The van der Waals surface area contributed by atoms with Crippen LogP contribution in [0.4, 0.5) is 0 Å². The number of aromatic hydroxyl groups is 1. The predicted octanol–water partition coefficient (Wildman–Crippen LogP) is 3.84. The van der Waals surface area contributed by atoms with Gasteiger partial charge in [-0.1, -0.05) is 17.7 Å². The average Bonchev–Trinajstić information content (AvgIpc) is 3.23. The van der Waals surface area contributed by atoms with Gasteiger partial charge in [0.05, 0.1) is 24.4 Å². The van der Waals surface area contributed by atoms with Crippen LogP contribution in [0.5, 0.6) is 23.1 Å². The van der Waals surface area contributed by atoms with Crippen molar-refractivity contribution in [2.24, 2.45) is 0 Å². The number of fused-ring (bicyclic) bond motifs is 2. The molecule has 0 radical (unpaired) electrons. The number of ether oxygens (including phenoxy) is 3. The molecule has 3 aromatic rings. The molecule has 0 saturated heterocycles. The number of aromatic amines is 1. The van der Waals surface area contributed by atoms with Gasteiger partial charge in [-0.2, -0.15) is 0 Å². The topological polar surface area (TPSA) is 89.0 Å². The van der Waals surface area contributed by atoms with Gasteiger partial charge < -0.3 is 19.3 Å². The van der Waals surface area contributed by atoms with Gasteiger partial charge in [-0.05, 0) is 69.2 Å². The Hall–Kier alpha value is -3.30. The highest BCUT2D eigenvalue weighted by molar-refractivity contribution is 7.71. The highest BCUT2D eigenvalue weighted by atomic mass is 32.1. The molecule has 1 atom stereocenters. The van der Waals surface area contributed by atoms with Crippen LogP contribution in [0.2, 0.25) is 0 Å². The Labute approximate surface area is 202 Å². The summed E-state index contributed by atoms with van der Waals surface area (Å²) in [5.74, 6) is 1.46. The lowest BCUT2D eigenvalue weighted by atomic mass is 9.87. The molecule has 8 nitrogen and oxygen atoms in total. The molecule has 5 rings (SSSR count). The molecular weight excluding hydrogens is 454 g/mol. The molecule has 0 unspecified atom stereocenters. The lowest BCUT2D eigenvalue weighted by Gasteiger charge is -2.36. The van der Waals surface area contributed by atoms with Crippen molar-refractivity contribution in [2.75, 3.05) is 27.5 Å². The van der Waals surface area contributed by atoms with E-state index in [1.807, 2.05) is 50.9 Å². The number of hydrogen-bond acceptors (Lipinski definition) is 7. The second kappa shape index (κ2) is 8.18. The minimum Gasteiger partial charge on any atom is -0.494 e. The molecule has 1 aromatic heterocycles. The Bertz CT molecular complexity index is 1420. The summed E-state index contributed by atoms with van der Waals surface area (Å²) in [6.07, 6.45) is 0.739. The van der Waals surface area contributed by atoms with Gasteiger partial charge >= 0.3 is 0 Å². The quantitative estimate of drug-likeness (QED) is 0.550. The Morgan fingerprint density at radius 1 is 1.15 bits per heavy atom. The number of H-pyrrole nitrogens is 1. The van der Waals surface area contributed by atoms with Crippen LogP contribution in [0.3, 0.4) is 0 Å². The number of hydrogen-bond donors (Lipinski definition) is 2. The zero-order valence-electron chi connectivity index (χ0n) is 19.8. The number of aryl methyl sites for hydroxylation is 3. The molecule has 2 aliphatic heterocycles. The van der Waals surface area contributed by atoms with Crippen molar-refractivity contribution in [3.63, 3.8) is 0 Å². The second-order valence-corrected chi connectivity index (χ2v) is 9.32. The fraction of sp³-hybridized carbons (Fsp3) is 0.360. The smallest absolute Gasteiger partial charge is 0.260 e. The first-order valence-electron chi connectivity index (χ1n) is 11.1. The fourth-order valence-electron chi connectivity index (χ4n) is 5.32. The molecular formula is C25H27N3O5S. The standard InChI is InChI=1S/C25H27N3O5S/c1-12-8-13(2)19(14(3)9-12)28-24(30)18(23(29)26-25(28)34)20-17-15(6-7-27(20)4)10-16-21(22(17)31-5)33-11-32-16/h8-10,20,30H,6-7,11H2,1-5H3,(H,26,29,34)/t20-/m1/s1. The summed E-state index contributed by atoms with van der Waals surface area (Å²) in [6, 6.07) is 5.42. The first-order valence-corrected chi connectivity index (χ1v) is 11.5. The summed E-state index contributed by atoms with van der Waals surface area (Å²) >= 11 is 5.52. The van der Waals surface area contributed by atoms with Gasteiger partial charge in [0.2, 0.25) is 18.4 Å². The maximum absolute atomic E-state index is 13.3. The molecule has 0 bridgehead atoms. The minimum atomic E-state index is -0.579. The first-order chi connectivity index (χ1) is 16.2. The molecule has 178 valence electrons. The van der Waals surface area contributed by atoms with Crippen LogP contribution >= 0.6 is 12.2 Å². The van der Waals surface area contributed by atoms with Crippen molar-refractivity contribution in [1.82, 2.24) is 14.5 Å². The lowest BCUT2D eigenvalue weighted by molar-refractivity contribution is 0.170. The molecule has 0 saturated carbocycles. The lowest BCUT2D eigenvalue weighted by Crippen LogP contribution is -2.37. The van der Waals surface area contributed by atoms with E-state index in [1.54, 1.807) is 11.7 Å². The van der Waals surface area contributed by atoms with Crippen LogP contribution in [0, 0.1) is 25.5 Å². The van der Waals surface area contributed by atoms with Crippen molar-refractivity contribution in [3.05, 3.63) is 66.7 Å². The van der Waals surface area contributed by atoms with Gasteiger partial charge in [-0.25, -0.2) is 0 Å². The minimum absolute atomic E-state index is 0.109. The Morgan fingerprint density at radius 2 is 1.85 bits per heavy atom. The van der Waals surface area contributed by atoms with Crippen molar-refractivity contribution in [3.8, 4) is 28.8 Å². The van der Waals surface area contributed by atoms with Crippen LogP contribution < -0.4 is 19.8 Å². The van der Waals surface area contributed by atoms with E-state index in [2.05, 4.69) is 4.98 Å². The maximum atomic E-state index is 13.3. The van der Waals surface area contributed by atoms with Gasteiger partial charge in [0.25, 0.3) is 5.56 Å². The third kappa shape index (κ3) is 3.30. The van der Waals surface area contributed by atoms with E-state index in [9.17, 15) is 9.90 Å². The van der Waals surface area contributed by atoms with E-state index in [0.29, 0.717) is 23.8 Å².